The van der Waals surface area contributed by atoms with Gasteiger partial charge in [-0.15, -0.1) is 0 Å². The van der Waals surface area contributed by atoms with Crippen molar-refractivity contribution in [3.8, 4) is 0 Å². The van der Waals surface area contributed by atoms with E-state index >= 15 is 0 Å². The van der Waals surface area contributed by atoms with Crippen molar-refractivity contribution in [2.75, 3.05) is 13.2 Å². The van der Waals surface area contributed by atoms with Gasteiger partial charge in [0.1, 0.15) is 30.8 Å². The number of thiol groups is 1. The van der Waals surface area contributed by atoms with Gasteiger partial charge in [-0.3, -0.25) is 19.2 Å². The second-order valence-electron chi connectivity index (χ2n) is 12.4. The average molecular weight is 679 g/mol. The lowest BCUT2D eigenvalue weighted by atomic mass is 10.00. The highest BCUT2D eigenvalue weighted by Crippen LogP contribution is 2.22. The molecule has 1 saturated heterocycles. The number of alkyl carbamates (subject to hydrolysis) is 1. The van der Waals surface area contributed by atoms with Crippen LogP contribution in [0.4, 0.5) is 4.79 Å². The highest BCUT2D eigenvalue weighted by atomic mass is 32.1. The maximum Gasteiger partial charge on any atom is 0.408 e. The van der Waals surface area contributed by atoms with Crippen LogP contribution >= 0.6 is 12.6 Å². The van der Waals surface area contributed by atoms with Gasteiger partial charge >= 0.3 is 18.0 Å². The zero-order valence-electron chi connectivity index (χ0n) is 27.9. The number of nitrogens with one attached hydrogen (secondary N) is 3. The van der Waals surface area contributed by atoms with E-state index < -0.39 is 71.1 Å². The zero-order valence-corrected chi connectivity index (χ0v) is 28.8. The summed E-state index contributed by atoms with van der Waals surface area (Å²) in [5, 5.41) is 17.0. The summed E-state index contributed by atoms with van der Waals surface area (Å²) in [5.74, 6) is -3.64. The molecule has 0 aliphatic carbocycles. The number of benzene rings is 1. The summed E-state index contributed by atoms with van der Waals surface area (Å²) in [6.45, 7) is 9.36. The SMILES string of the molecule is CCOC(=O)C[C@@H](S)CC[C@H](NC(=O)OCc1ccccc1)C(=O)N[C@H](C(=O)N1CCC[C@H]1C(=O)N[C@@H](CC(C)C)C(=O)O)C(C)C. The van der Waals surface area contributed by atoms with Gasteiger partial charge in [0.25, 0.3) is 0 Å². The number of likely N-dealkylation sites (tertiary alicyclic amines) is 1. The number of carboxylic acids is 1. The highest BCUT2D eigenvalue weighted by molar-refractivity contribution is 7.81. The summed E-state index contributed by atoms with van der Waals surface area (Å²) < 4.78 is 10.3. The van der Waals surface area contributed by atoms with E-state index in [0.29, 0.717) is 12.8 Å². The molecule has 0 bridgehead atoms. The number of esters is 1. The van der Waals surface area contributed by atoms with Crippen LogP contribution in [0.1, 0.15) is 78.7 Å². The Labute approximate surface area is 282 Å². The van der Waals surface area contributed by atoms with Gasteiger partial charge in [0.05, 0.1) is 13.0 Å². The fraction of sp³-hybridized carbons (Fsp3) is 0.636. The minimum absolute atomic E-state index is 0.00909. The zero-order chi connectivity index (χ0) is 35.1. The number of rotatable bonds is 18. The van der Waals surface area contributed by atoms with Gasteiger partial charge in [0.2, 0.25) is 17.7 Å². The second-order valence-corrected chi connectivity index (χ2v) is 13.2. The fourth-order valence-electron chi connectivity index (χ4n) is 5.26. The predicted molar refractivity (Wildman–Crippen MR) is 177 cm³/mol. The van der Waals surface area contributed by atoms with Crippen molar-refractivity contribution in [3.63, 3.8) is 0 Å². The molecule has 0 saturated carbocycles. The van der Waals surface area contributed by atoms with E-state index in [9.17, 15) is 33.9 Å². The molecule has 0 spiro atoms. The largest absolute Gasteiger partial charge is 0.480 e. The van der Waals surface area contributed by atoms with Crippen molar-refractivity contribution in [1.82, 2.24) is 20.9 Å². The Bertz CT molecular complexity index is 1210. The lowest BCUT2D eigenvalue weighted by Crippen LogP contribution is -2.59. The minimum Gasteiger partial charge on any atom is -0.480 e. The number of aliphatic carboxylic acids is 1. The van der Waals surface area contributed by atoms with Crippen LogP contribution in [0, 0.1) is 11.8 Å². The predicted octanol–water partition coefficient (Wildman–Crippen LogP) is 3.06. The first-order valence-corrected chi connectivity index (χ1v) is 16.7. The van der Waals surface area contributed by atoms with E-state index in [1.807, 2.05) is 19.9 Å². The topological polar surface area (TPSA) is 180 Å². The normalized spacial score (nSPS) is 16.9. The lowest BCUT2D eigenvalue weighted by molar-refractivity contribution is -0.145. The van der Waals surface area contributed by atoms with Crippen molar-refractivity contribution in [2.24, 2.45) is 11.8 Å². The number of carboxylic acid groups (broad SMARTS) is 1. The Kier molecular flexibility index (Phi) is 16.6. The number of ether oxygens (including phenoxy) is 2. The van der Waals surface area contributed by atoms with Crippen LogP contribution in [0.2, 0.25) is 0 Å². The summed E-state index contributed by atoms with van der Waals surface area (Å²) >= 11 is 4.45. The van der Waals surface area contributed by atoms with Crippen molar-refractivity contribution in [1.29, 1.82) is 0 Å². The molecule has 0 aromatic heterocycles. The van der Waals surface area contributed by atoms with E-state index in [1.165, 1.54) is 4.90 Å². The maximum absolute atomic E-state index is 13.8. The summed E-state index contributed by atoms with van der Waals surface area (Å²) in [6, 6.07) is 4.86. The second kappa shape index (κ2) is 19.8. The standard InChI is InChI=1S/C33H50N4O9S/c1-6-45-27(38)18-23(47)14-15-24(35-33(44)46-19-22-11-8-7-9-12-22)29(39)36-28(21(4)5)31(41)37-16-10-13-26(37)30(40)34-25(32(42)43)17-20(2)3/h7-9,11-12,20-21,23-26,28,47H,6,10,13-19H2,1-5H3,(H,34,40)(H,35,44)(H,36,39)(H,42,43)/t23-,24-,25-,26-,28-/m0/s1. The Morgan fingerprint density at radius 1 is 0.957 bits per heavy atom. The Morgan fingerprint density at radius 3 is 2.23 bits per heavy atom. The molecule has 2 rings (SSSR count). The van der Waals surface area contributed by atoms with Crippen molar-refractivity contribution in [3.05, 3.63) is 35.9 Å². The highest BCUT2D eigenvalue weighted by Gasteiger charge is 2.40. The monoisotopic (exact) mass is 678 g/mol. The van der Waals surface area contributed by atoms with Crippen LogP contribution in [0.25, 0.3) is 0 Å². The first-order chi connectivity index (χ1) is 22.2. The summed E-state index contributed by atoms with van der Waals surface area (Å²) in [4.78, 5) is 78.5. The van der Waals surface area contributed by atoms with Gasteiger partial charge in [-0.1, -0.05) is 58.0 Å². The van der Waals surface area contributed by atoms with E-state index in [-0.39, 0.29) is 51.4 Å². The van der Waals surface area contributed by atoms with Crippen LogP contribution in [0.15, 0.2) is 30.3 Å². The number of hydrogen-bond donors (Lipinski definition) is 5. The van der Waals surface area contributed by atoms with E-state index in [1.54, 1.807) is 45.0 Å². The van der Waals surface area contributed by atoms with Crippen molar-refractivity contribution < 1.29 is 43.3 Å². The summed E-state index contributed by atoms with van der Waals surface area (Å²) in [7, 11) is 0. The molecular weight excluding hydrogens is 628 g/mol. The molecule has 1 fully saturated rings. The van der Waals surface area contributed by atoms with Crippen LogP contribution in [0.3, 0.4) is 0 Å². The molecule has 4 N–H and O–H groups in total. The van der Waals surface area contributed by atoms with Crippen molar-refractivity contribution in [2.45, 2.75) is 109 Å². The molecule has 5 atom stereocenters. The molecule has 1 heterocycles. The third-order valence-corrected chi connectivity index (χ3v) is 8.15. The van der Waals surface area contributed by atoms with Crippen LogP contribution < -0.4 is 16.0 Å². The molecule has 1 aromatic carbocycles. The molecule has 47 heavy (non-hydrogen) atoms. The fourth-order valence-corrected chi connectivity index (χ4v) is 5.56. The molecular formula is C33H50N4O9S. The van der Waals surface area contributed by atoms with Crippen LogP contribution in [-0.4, -0.2) is 88.3 Å². The maximum atomic E-state index is 13.8. The van der Waals surface area contributed by atoms with Gasteiger partial charge in [-0.2, -0.15) is 12.6 Å². The Morgan fingerprint density at radius 2 is 1.64 bits per heavy atom. The van der Waals surface area contributed by atoms with Gasteiger partial charge in [0.15, 0.2) is 0 Å². The first-order valence-electron chi connectivity index (χ1n) is 16.2. The summed E-state index contributed by atoms with van der Waals surface area (Å²) in [6.07, 6.45) is 0.635. The summed E-state index contributed by atoms with van der Waals surface area (Å²) in [5.41, 5.74) is 0.752. The van der Waals surface area contributed by atoms with E-state index in [4.69, 9.17) is 9.47 Å². The Balaban J connectivity index is 2.17. The molecule has 1 aromatic rings. The molecule has 262 valence electrons. The number of hydrogen-bond acceptors (Lipinski definition) is 9. The number of nitrogens with zero attached hydrogens (tertiary/aromatic N) is 1. The molecule has 14 heteroatoms. The minimum atomic E-state index is -1.15. The first kappa shape index (κ1) is 39.4. The molecule has 1 aliphatic heterocycles. The van der Waals surface area contributed by atoms with Gasteiger partial charge in [-0.25, -0.2) is 9.59 Å². The molecule has 0 radical (unpaired) electrons. The third-order valence-electron chi connectivity index (χ3n) is 7.71. The van der Waals surface area contributed by atoms with Gasteiger partial charge in [-0.05, 0) is 56.4 Å². The Hall–Kier alpha value is -3.81. The van der Waals surface area contributed by atoms with Crippen LogP contribution in [0.5, 0.6) is 0 Å². The number of carbonyl (C=O) groups excluding carboxylic acids is 5. The molecule has 1 aliphatic rings. The quantitative estimate of drug-likeness (QED) is 0.115. The average Bonchev–Trinajstić information content (AvgIpc) is 3.50. The molecule has 13 nitrogen and oxygen atoms in total. The molecule has 0 unspecified atom stereocenters. The van der Waals surface area contributed by atoms with Crippen LogP contribution in [-0.2, 0) is 40.1 Å². The van der Waals surface area contributed by atoms with E-state index in [2.05, 4.69) is 28.6 Å². The smallest absolute Gasteiger partial charge is 0.408 e. The molecule has 4 amide bonds. The number of carbonyl (C=O) groups is 6. The number of amides is 4. The van der Waals surface area contributed by atoms with Gasteiger partial charge in [0, 0.05) is 11.8 Å². The third kappa shape index (κ3) is 13.4. The van der Waals surface area contributed by atoms with E-state index in [0.717, 1.165) is 5.56 Å². The van der Waals surface area contributed by atoms with Gasteiger partial charge < -0.3 is 35.4 Å². The van der Waals surface area contributed by atoms with Crippen molar-refractivity contribution >= 4 is 48.4 Å². The lowest BCUT2D eigenvalue weighted by Gasteiger charge is -2.32.